The van der Waals surface area contributed by atoms with E-state index in [1.807, 2.05) is 0 Å². The number of alkyl halides is 5. The smallest absolute Gasteiger partial charge is 0.366 e. The predicted molar refractivity (Wildman–Crippen MR) is 143 cm³/mol. The van der Waals surface area contributed by atoms with Gasteiger partial charge in [0.1, 0.15) is 24.0 Å². The third kappa shape index (κ3) is 5.42. The first-order valence-electron chi connectivity index (χ1n) is 13.2. The highest BCUT2D eigenvalue weighted by atomic mass is 19.4. The Balaban J connectivity index is 1.40. The number of hydrogen-bond acceptors (Lipinski definition) is 4. The summed E-state index contributed by atoms with van der Waals surface area (Å²) in [5, 5.41) is 5.92. The third-order valence-electron chi connectivity index (χ3n) is 7.66. The number of benzene rings is 2. The van der Waals surface area contributed by atoms with Crippen LogP contribution in [0.2, 0.25) is 0 Å². The summed E-state index contributed by atoms with van der Waals surface area (Å²) in [6, 6.07) is 8.82. The van der Waals surface area contributed by atoms with E-state index in [1.54, 1.807) is 0 Å². The molecular weight excluding hydrogens is 614 g/mol. The van der Waals surface area contributed by atoms with Gasteiger partial charge in [0.15, 0.2) is 5.69 Å². The van der Waals surface area contributed by atoms with Crippen LogP contribution in [-0.2, 0) is 23.9 Å². The van der Waals surface area contributed by atoms with Crippen molar-refractivity contribution >= 4 is 23.6 Å². The Labute approximate surface area is 248 Å². The Bertz CT molecular complexity index is 1900. The van der Waals surface area contributed by atoms with Crippen molar-refractivity contribution in [1.29, 1.82) is 0 Å². The zero-order chi connectivity index (χ0) is 32.4. The number of halogens is 8. The van der Waals surface area contributed by atoms with E-state index in [0.29, 0.717) is 10.7 Å². The Kier molecular flexibility index (Phi) is 7.01. The molecule has 7 nitrogen and oxygen atoms in total. The molecule has 6 rings (SSSR count). The monoisotopic (exact) mass is 633 g/mol. The van der Waals surface area contributed by atoms with Crippen molar-refractivity contribution in [2.45, 2.75) is 31.0 Å². The SMILES string of the molecule is NC(=O)c1cc(-c2cccnc2/C(=C/c2cc(F)cc(F)c2)NC(=O)Cn2nc(C(F)(F)F)c3c2CC2C3C2(F)F)ccc1F. The van der Waals surface area contributed by atoms with Crippen LogP contribution in [0.5, 0.6) is 0 Å². The molecule has 2 aliphatic rings. The second-order valence-corrected chi connectivity index (χ2v) is 10.6. The number of carbonyl (C=O) groups is 2. The van der Waals surface area contributed by atoms with E-state index in [2.05, 4.69) is 15.4 Å². The van der Waals surface area contributed by atoms with Crippen molar-refractivity contribution in [2.75, 3.05) is 0 Å². The maximum atomic E-state index is 14.2. The van der Waals surface area contributed by atoms with Gasteiger partial charge < -0.3 is 11.1 Å². The van der Waals surface area contributed by atoms with Gasteiger partial charge in [-0.25, -0.2) is 22.0 Å². The van der Waals surface area contributed by atoms with Crippen molar-refractivity contribution < 1.29 is 44.7 Å². The minimum Gasteiger partial charge on any atom is -0.366 e. The molecule has 1 fully saturated rings. The van der Waals surface area contributed by atoms with Crippen LogP contribution >= 0.6 is 0 Å². The second-order valence-electron chi connectivity index (χ2n) is 10.6. The Hall–Kier alpha value is -5.08. The van der Waals surface area contributed by atoms with E-state index in [4.69, 9.17) is 5.73 Å². The highest BCUT2D eigenvalue weighted by Crippen LogP contribution is 2.68. The number of carbonyl (C=O) groups excluding carboxylic acids is 2. The van der Waals surface area contributed by atoms with Gasteiger partial charge in [0.25, 0.3) is 11.8 Å². The van der Waals surface area contributed by atoms with Gasteiger partial charge in [-0.05, 0) is 54.0 Å². The van der Waals surface area contributed by atoms with Crippen LogP contribution in [0.4, 0.5) is 35.1 Å². The fraction of sp³-hybridized carbons (Fsp3) is 0.200. The topological polar surface area (TPSA) is 103 Å². The molecular formula is C30H19F8N5O2. The van der Waals surface area contributed by atoms with E-state index in [-0.39, 0.29) is 33.8 Å². The highest BCUT2D eigenvalue weighted by molar-refractivity contribution is 5.97. The van der Waals surface area contributed by atoms with Crippen LogP contribution in [0.1, 0.15) is 44.5 Å². The number of nitrogens with two attached hydrogens (primary N) is 1. The fourth-order valence-electron chi connectivity index (χ4n) is 5.69. The van der Waals surface area contributed by atoms with Crippen LogP contribution in [0, 0.1) is 23.4 Å². The van der Waals surface area contributed by atoms with Crippen LogP contribution in [0.15, 0.2) is 54.7 Å². The molecule has 0 bridgehead atoms. The van der Waals surface area contributed by atoms with Gasteiger partial charge >= 0.3 is 6.18 Å². The first kappa shape index (κ1) is 30.0. The number of rotatable bonds is 7. The molecule has 15 heteroatoms. The van der Waals surface area contributed by atoms with Crippen LogP contribution in [-0.4, -0.2) is 32.5 Å². The predicted octanol–water partition coefficient (Wildman–Crippen LogP) is 5.70. The first-order chi connectivity index (χ1) is 21.1. The normalized spacial score (nSPS) is 18.4. The highest BCUT2D eigenvalue weighted by Gasteiger charge is 2.74. The number of aromatic nitrogens is 3. The number of nitrogens with zero attached hydrogens (tertiary/aromatic N) is 3. The second kappa shape index (κ2) is 10.5. The summed E-state index contributed by atoms with van der Waals surface area (Å²) in [4.78, 5) is 29.3. The lowest BCUT2D eigenvalue weighted by Gasteiger charge is -2.15. The van der Waals surface area contributed by atoms with Gasteiger partial charge in [-0.1, -0.05) is 12.1 Å². The van der Waals surface area contributed by atoms with E-state index < -0.39 is 83.0 Å². The molecule has 45 heavy (non-hydrogen) atoms. The fourth-order valence-corrected chi connectivity index (χ4v) is 5.69. The Morgan fingerprint density at radius 1 is 1.07 bits per heavy atom. The maximum Gasteiger partial charge on any atom is 0.435 e. The maximum absolute atomic E-state index is 14.2. The van der Waals surface area contributed by atoms with Crippen LogP contribution in [0.25, 0.3) is 22.9 Å². The first-order valence-corrected chi connectivity index (χ1v) is 13.2. The zero-order valence-corrected chi connectivity index (χ0v) is 22.6. The minimum absolute atomic E-state index is 0.0416. The molecule has 0 spiro atoms. The molecule has 2 atom stereocenters. The summed E-state index contributed by atoms with van der Waals surface area (Å²) in [6.07, 6.45) is -3.02. The average Bonchev–Trinajstić information content (AvgIpc) is 3.23. The number of hydrogen-bond donors (Lipinski definition) is 2. The molecule has 0 aliphatic heterocycles. The molecule has 2 amide bonds. The van der Waals surface area contributed by atoms with Crippen molar-refractivity contribution in [1.82, 2.24) is 20.1 Å². The summed E-state index contributed by atoms with van der Waals surface area (Å²) < 4.78 is 112. The summed E-state index contributed by atoms with van der Waals surface area (Å²) in [6.45, 7) is -0.831. The number of nitrogens with one attached hydrogen (secondary N) is 1. The standard InChI is InChI=1S/C30H19F8N5O2/c31-15-6-13(7-16(32)10-15)8-21(26-17(2-1-5-40-26)14-3-4-20(33)18(9-14)28(39)45)41-23(44)12-43-22-11-19-25(29(19,34)35)24(22)27(42-43)30(36,37)38/h1-10,19,25H,11-12H2,(H2,39,45)(H,41,44)/b21-8-. The quantitative estimate of drug-likeness (QED) is 0.255. The third-order valence-corrected chi connectivity index (χ3v) is 7.66. The number of fused-ring (bicyclic) bond motifs is 3. The number of pyridine rings is 1. The van der Waals surface area contributed by atoms with Crippen molar-refractivity contribution in [3.8, 4) is 11.1 Å². The average molecular weight is 633 g/mol. The molecule has 3 N–H and O–H groups in total. The lowest BCUT2D eigenvalue weighted by Crippen LogP contribution is -2.28. The minimum atomic E-state index is -5.05. The van der Waals surface area contributed by atoms with Gasteiger partial charge in [0.05, 0.1) is 22.9 Å². The molecule has 2 aromatic carbocycles. The molecule has 2 unspecified atom stereocenters. The van der Waals surface area contributed by atoms with E-state index >= 15 is 0 Å². The summed E-state index contributed by atoms with van der Waals surface area (Å²) >= 11 is 0. The zero-order valence-electron chi connectivity index (χ0n) is 22.6. The van der Waals surface area contributed by atoms with E-state index in [1.165, 1.54) is 24.4 Å². The van der Waals surface area contributed by atoms with Gasteiger partial charge in [-0.2, -0.15) is 18.3 Å². The lowest BCUT2D eigenvalue weighted by molar-refractivity contribution is -0.142. The van der Waals surface area contributed by atoms with E-state index in [0.717, 1.165) is 30.3 Å². The summed E-state index contributed by atoms with van der Waals surface area (Å²) in [5.41, 5.74) is 2.63. The number of primary amides is 1. The summed E-state index contributed by atoms with van der Waals surface area (Å²) in [7, 11) is 0. The lowest BCUT2D eigenvalue weighted by atomic mass is 9.98. The van der Waals surface area contributed by atoms with Gasteiger partial charge in [0.2, 0.25) is 5.91 Å². The number of amides is 2. The molecule has 2 heterocycles. The van der Waals surface area contributed by atoms with Crippen molar-refractivity contribution in [3.63, 3.8) is 0 Å². The van der Waals surface area contributed by atoms with Gasteiger partial charge in [0, 0.05) is 35.0 Å². The molecule has 232 valence electrons. The summed E-state index contributed by atoms with van der Waals surface area (Å²) in [5.74, 6) is -11.1. The molecule has 0 saturated heterocycles. The Morgan fingerprint density at radius 3 is 2.44 bits per heavy atom. The van der Waals surface area contributed by atoms with Crippen molar-refractivity contribution in [2.24, 2.45) is 11.7 Å². The van der Waals surface area contributed by atoms with Gasteiger partial charge in [-0.3, -0.25) is 19.3 Å². The largest absolute Gasteiger partial charge is 0.435 e. The van der Waals surface area contributed by atoms with E-state index in [9.17, 15) is 44.7 Å². The molecule has 2 aromatic heterocycles. The molecule has 4 aromatic rings. The van der Waals surface area contributed by atoms with Crippen LogP contribution in [0.3, 0.4) is 0 Å². The molecule has 0 radical (unpaired) electrons. The van der Waals surface area contributed by atoms with Gasteiger partial charge in [-0.15, -0.1) is 0 Å². The Morgan fingerprint density at radius 2 is 1.78 bits per heavy atom. The molecule has 1 saturated carbocycles. The van der Waals surface area contributed by atoms with Crippen molar-refractivity contribution in [3.05, 3.63) is 106 Å². The molecule has 2 aliphatic carbocycles. The van der Waals surface area contributed by atoms with Crippen LogP contribution < -0.4 is 11.1 Å².